The number of hydrogen-bond donors (Lipinski definition) is 0. The standard InChI is InChI=1S/C16H18O/c1-12(2)13-6-4-7-14(10-13)15-8-5-9-16(11-15)17-3/h4-12H,1-3H3. The molecule has 88 valence electrons. The van der Waals surface area contributed by atoms with Gasteiger partial charge in [-0.3, -0.25) is 0 Å². The zero-order valence-electron chi connectivity index (χ0n) is 10.6. The number of ether oxygens (including phenoxy) is 1. The minimum absolute atomic E-state index is 0.556. The topological polar surface area (TPSA) is 9.23 Å². The largest absolute Gasteiger partial charge is 0.497 e. The molecule has 0 N–H and O–H groups in total. The van der Waals surface area contributed by atoms with Crippen LogP contribution in [0.5, 0.6) is 5.75 Å². The SMILES string of the molecule is COc1cccc(-c2cccc(C(C)C)c2)c1. The van der Waals surface area contributed by atoms with E-state index in [1.807, 2.05) is 12.1 Å². The second-order valence-electron chi connectivity index (χ2n) is 4.51. The quantitative estimate of drug-likeness (QED) is 0.749. The summed E-state index contributed by atoms with van der Waals surface area (Å²) in [6.45, 7) is 4.43. The van der Waals surface area contributed by atoms with E-state index in [2.05, 4.69) is 50.2 Å². The van der Waals surface area contributed by atoms with Crippen molar-refractivity contribution < 1.29 is 4.74 Å². The van der Waals surface area contributed by atoms with Gasteiger partial charge in [0.05, 0.1) is 7.11 Å². The van der Waals surface area contributed by atoms with Crippen LogP contribution in [0.2, 0.25) is 0 Å². The highest BCUT2D eigenvalue weighted by Crippen LogP contribution is 2.26. The van der Waals surface area contributed by atoms with Crippen molar-refractivity contribution in [2.24, 2.45) is 0 Å². The lowest BCUT2D eigenvalue weighted by molar-refractivity contribution is 0.415. The molecule has 0 unspecified atom stereocenters. The van der Waals surface area contributed by atoms with E-state index in [9.17, 15) is 0 Å². The summed E-state index contributed by atoms with van der Waals surface area (Å²) in [6.07, 6.45) is 0. The van der Waals surface area contributed by atoms with Gasteiger partial charge < -0.3 is 4.74 Å². The lowest BCUT2D eigenvalue weighted by atomic mass is 9.97. The number of benzene rings is 2. The van der Waals surface area contributed by atoms with Crippen molar-refractivity contribution in [2.45, 2.75) is 19.8 Å². The molecule has 0 aliphatic carbocycles. The van der Waals surface area contributed by atoms with Crippen LogP contribution in [0.15, 0.2) is 48.5 Å². The average Bonchev–Trinajstić information content (AvgIpc) is 2.39. The van der Waals surface area contributed by atoms with E-state index in [1.54, 1.807) is 7.11 Å². The van der Waals surface area contributed by atoms with Gasteiger partial charge in [0.1, 0.15) is 5.75 Å². The van der Waals surface area contributed by atoms with Gasteiger partial charge in [-0.1, -0.05) is 50.2 Å². The van der Waals surface area contributed by atoms with E-state index in [1.165, 1.54) is 16.7 Å². The van der Waals surface area contributed by atoms with Crippen molar-refractivity contribution in [1.29, 1.82) is 0 Å². The van der Waals surface area contributed by atoms with E-state index < -0.39 is 0 Å². The monoisotopic (exact) mass is 226 g/mol. The van der Waals surface area contributed by atoms with Gasteiger partial charge in [-0.05, 0) is 34.7 Å². The third-order valence-electron chi connectivity index (χ3n) is 2.96. The van der Waals surface area contributed by atoms with Crippen LogP contribution in [-0.2, 0) is 0 Å². The second-order valence-corrected chi connectivity index (χ2v) is 4.51. The summed E-state index contributed by atoms with van der Waals surface area (Å²) in [4.78, 5) is 0. The Kier molecular flexibility index (Phi) is 3.48. The number of methoxy groups -OCH3 is 1. The van der Waals surface area contributed by atoms with Gasteiger partial charge in [0.2, 0.25) is 0 Å². The summed E-state index contributed by atoms with van der Waals surface area (Å²) >= 11 is 0. The molecule has 0 bridgehead atoms. The lowest BCUT2D eigenvalue weighted by Crippen LogP contribution is -1.88. The number of rotatable bonds is 3. The predicted molar refractivity (Wildman–Crippen MR) is 72.5 cm³/mol. The summed E-state index contributed by atoms with van der Waals surface area (Å²) < 4.78 is 5.25. The van der Waals surface area contributed by atoms with Gasteiger partial charge in [-0.2, -0.15) is 0 Å². The van der Waals surface area contributed by atoms with Gasteiger partial charge in [0, 0.05) is 0 Å². The Balaban J connectivity index is 2.41. The van der Waals surface area contributed by atoms with Crippen molar-refractivity contribution in [3.63, 3.8) is 0 Å². The molecule has 0 spiro atoms. The molecule has 1 nitrogen and oxygen atoms in total. The molecular formula is C16H18O. The van der Waals surface area contributed by atoms with Gasteiger partial charge in [-0.15, -0.1) is 0 Å². The van der Waals surface area contributed by atoms with Crippen LogP contribution in [-0.4, -0.2) is 7.11 Å². The molecule has 1 heteroatoms. The normalized spacial score (nSPS) is 10.6. The minimum Gasteiger partial charge on any atom is -0.497 e. The fourth-order valence-electron chi connectivity index (χ4n) is 1.88. The van der Waals surface area contributed by atoms with E-state index >= 15 is 0 Å². The molecule has 0 aromatic heterocycles. The van der Waals surface area contributed by atoms with Crippen LogP contribution < -0.4 is 4.74 Å². The molecule has 2 aromatic rings. The van der Waals surface area contributed by atoms with Gasteiger partial charge in [-0.25, -0.2) is 0 Å². The molecule has 0 heterocycles. The van der Waals surface area contributed by atoms with Gasteiger partial charge in [0.25, 0.3) is 0 Å². The first-order valence-electron chi connectivity index (χ1n) is 5.95. The van der Waals surface area contributed by atoms with Crippen molar-refractivity contribution in [3.05, 3.63) is 54.1 Å². The molecule has 0 amide bonds. The second kappa shape index (κ2) is 5.05. The van der Waals surface area contributed by atoms with E-state index in [0.717, 1.165) is 5.75 Å². The van der Waals surface area contributed by atoms with Crippen LogP contribution in [0.25, 0.3) is 11.1 Å². The molecule has 0 atom stereocenters. The maximum Gasteiger partial charge on any atom is 0.119 e. The van der Waals surface area contributed by atoms with Gasteiger partial charge in [0.15, 0.2) is 0 Å². The Morgan fingerprint density at radius 3 is 2.18 bits per heavy atom. The molecule has 0 saturated carbocycles. The first kappa shape index (κ1) is 11.7. The first-order chi connectivity index (χ1) is 8.20. The van der Waals surface area contributed by atoms with Gasteiger partial charge >= 0.3 is 0 Å². The Morgan fingerprint density at radius 2 is 1.53 bits per heavy atom. The van der Waals surface area contributed by atoms with Crippen molar-refractivity contribution >= 4 is 0 Å². The fraction of sp³-hybridized carbons (Fsp3) is 0.250. The molecule has 0 fully saturated rings. The summed E-state index contributed by atoms with van der Waals surface area (Å²) in [6, 6.07) is 16.9. The zero-order valence-corrected chi connectivity index (χ0v) is 10.6. The predicted octanol–water partition coefficient (Wildman–Crippen LogP) is 4.49. The van der Waals surface area contributed by atoms with E-state index in [4.69, 9.17) is 4.74 Å². The molecule has 0 saturated heterocycles. The molecule has 2 rings (SSSR count). The Bertz CT molecular complexity index is 500. The van der Waals surface area contributed by atoms with Crippen LogP contribution in [0.4, 0.5) is 0 Å². The highest BCUT2D eigenvalue weighted by atomic mass is 16.5. The summed E-state index contributed by atoms with van der Waals surface area (Å²) in [5.41, 5.74) is 3.81. The first-order valence-corrected chi connectivity index (χ1v) is 5.95. The highest BCUT2D eigenvalue weighted by molar-refractivity contribution is 5.65. The molecule has 0 radical (unpaired) electrons. The minimum atomic E-state index is 0.556. The molecule has 2 aromatic carbocycles. The number of hydrogen-bond acceptors (Lipinski definition) is 1. The summed E-state index contributed by atoms with van der Waals surface area (Å²) in [5.74, 6) is 1.46. The van der Waals surface area contributed by atoms with Crippen LogP contribution in [0.3, 0.4) is 0 Å². The smallest absolute Gasteiger partial charge is 0.119 e. The lowest BCUT2D eigenvalue weighted by Gasteiger charge is -2.09. The zero-order chi connectivity index (χ0) is 12.3. The Hall–Kier alpha value is -1.76. The van der Waals surface area contributed by atoms with Crippen molar-refractivity contribution in [3.8, 4) is 16.9 Å². The highest BCUT2D eigenvalue weighted by Gasteiger charge is 2.03. The third-order valence-corrected chi connectivity index (χ3v) is 2.96. The molecule has 0 aliphatic heterocycles. The Morgan fingerprint density at radius 1 is 0.882 bits per heavy atom. The summed E-state index contributed by atoms with van der Waals surface area (Å²) in [7, 11) is 1.70. The maximum atomic E-state index is 5.25. The maximum absolute atomic E-state index is 5.25. The van der Waals surface area contributed by atoms with Crippen molar-refractivity contribution in [2.75, 3.05) is 7.11 Å². The van der Waals surface area contributed by atoms with Crippen LogP contribution in [0, 0.1) is 0 Å². The average molecular weight is 226 g/mol. The molecule has 0 aliphatic rings. The summed E-state index contributed by atoms with van der Waals surface area (Å²) in [5, 5.41) is 0. The Labute approximate surface area is 103 Å². The van der Waals surface area contributed by atoms with Crippen LogP contribution in [0.1, 0.15) is 25.3 Å². The molecular weight excluding hydrogens is 208 g/mol. The van der Waals surface area contributed by atoms with E-state index in [0.29, 0.717) is 5.92 Å². The third kappa shape index (κ3) is 2.68. The van der Waals surface area contributed by atoms with Crippen LogP contribution >= 0.6 is 0 Å². The molecule has 17 heavy (non-hydrogen) atoms. The van der Waals surface area contributed by atoms with E-state index in [-0.39, 0.29) is 0 Å². The van der Waals surface area contributed by atoms with Crippen molar-refractivity contribution in [1.82, 2.24) is 0 Å². The fourth-order valence-corrected chi connectivity index (χ4v) is 1.88.